The average Bonchev–Trinajstić information content (AvgIpc) is 2.61. The number of rotatable bonds is 6. The fraction of sp³-hybridized carbons (Fsp3) is 0.235. The number of hydrogen-bond donors (Lipinski definition) is 2. The third kappa shape index (κ3) is 5.38. The highest BCUT2D eigenvalue weighted by atomic mass is 16.5. The topological polar surface area (TPSA) is 110 Å². The molecule has 0 saturated heterocycles. The summed E-state index contributed by atoms with van der Waals surface area (Å²) in [6, 6.07) is 6.45. The van der Waals surface area contributed by atoms with Crippen LogP contribution in [0, 0.1) is 6.92 Å². The van der Waals surface area contributed by atoms with Gasteiger partial charge in [0.2, 0.25) is 0 Å². The number of aromatic nitrogens is 2. The lowest BCUT2D eigenvalue weighted by molar-refractivity contribution is -0.119. The lowest BCUT2D eigenvalue weighted by Gasteiger charge is -2.08. The smallest absolute Gasteiger partial charge is 0.359 e. The molecule has 0 radical (unpaired) electrons. The second-order valence-electron chi connectivity index (χ2n) is 5.11. The van der Waals surface area contributed by atoms with Crippen molar-refractivity contribution in [1.29, 1.82) is 0 Å². The molecule has 2 aromatic rings. The van der Waals surface area contributed by atoms with Crippen molar-refractivity contribution >= 4 is 23.5 Å². The number of carbonyl (C=O) groups excluding carboxylic acids is 3. The summed E-state index contributed by atoms with van der Waals surface area (Å²) in [5.41, 5.74) is 1.55. The number of aryl methyl sites for hydroxylation is 1. The van der Waals surface area contributed by atoms with Gasteiger partial charge in [0.05, 0.1) is 11.9 Å². The molecule has 8 nitrogen and oxygen atoms in total. The average molecular weight is 342 g/mol. The van der Waals surface area contributed by atoms with Crippen molar-refractivity contribution in [2.75, 3.05) is 18.5 Å². The number of benzene rings is 1. The summed E-state index contributed by atoms with van der Waals surface area (Å²) < 4.78 is 4.89. The van der Waals surface area contributed by atoms with Crippen LogP contribution in [-0.4, -0.2) is 40.9 Å². The molecule has 0 aliphatic carbocycles. The van der Waals surface area contributed by atoms with Gasteiger partial charge in [-0.05, 0) is 32.0 Å². The standard InChI is InChI=1S/C17H18N4O4/c1-3-18-16(23)12-5-4-6-13(7-12)21-15(22)10-25-17(24)14-9-19-11(2)8-20-14/h4-9H,3,10H2,1-2H3,(H,18,23)(H,21,22). The van der Waals surface area contributed by atoms with Crippen LogP contribution >= 0.6 is 0 Å². The van der Waals surface area contributed by atoms with Crippen LogP contribution in [0.2, 0.25) is 0 Å². The molecular formula is C17H18N4O4. The van der Waals surface area contributed by atoms with E-state index in [9.17, 15) is 14.4 Å². The van der Waals surface area contributed by atoms with Crippen LogP contribution in [0.25, 0.3) is 0 Å². The van der Waals surface area contributed by atoms with Gasteiger partial charge in [-0.25, -0.2) is 9.78 Å². The Balaban J connectivity index is 1.90. The summed E-state index contributed by atoms with van der Waals surface area (Å²) in [6.45, 7) is 3.59. The summed E-state index contributed by atoms with van der Waals surface area (Å²) in [5.74, 6) is -1.50. The van der Waals surface area contributed by atoms with E-state index in [-0.39, 0.29) is 11.6 Å². The second kappa shape index (κ2) is 8.53. The zero-order valence-corrected chi connectivity index (χ0v) is 13.9. The highest BCUT2D eigenvalue weighted by molar-refractivity contribution is 5.98. The molecule has 1 heterocycles. The van der Waals surface area contributed by atoms with Gasteiger partial charge in [-0.15, -0.1) is 0 Å². The lowest BCUT2D eigenvalue weighted by atomic mass is 10.2. The van der Waals surface area contributed by atoms with E-state index >= 15 is 0 Å². The molecule has 2 amide bonds. The normalized spacial score (nSPS) is 10.0. The summed E-state index contributed by atoms with van der Waals surface area (Å²) in [4.78, 5) is 43.2. The molecule has 130 valence electrons. The Morgan fingerprint density at radius 1 is 1.16 bits per heavy atom. The van der Waals surface area contributed by atoms with Crippen molar-refractivity contribution in [3.8, 4) is 0 Å². The summed E-state index contributed by atoms with van der Waals surface area (Å²) in [6.07, 6.45) is 2.72. The predicted molar refractivity (Wildman–Crippen MR) is 90.1 cm³/mol. The molecule has 0 spiro atoms. The third-order valence-corrected chi connectivity index (χ3v) is 3.07. The lowest BCUT2D eigenvalue weighted by Crippen LogP contribution is -2.23. The maximum Gasteiger partial charge on any atom is 0.359 e. The van der Waals surface area contributed by atoms with Gasteiger partial charge in [0, 0.05) is 24.0 Å². The Hall–Kier alpha value is -3.29. The molecule has 1 aromatic heterocycles. The van der Waals surface area contributed by atoms with Gasteiger partial charge in [-0.3, -0.25) is 14.6 Å². The molecule has 25 heavy (non-hydrogen) atoms. The van der Waals surface area contributed by atoms with Crippen LogP contribution in [0.4, 0.5) is 5.69 Å². The minimum absolute atomic E-state index is 0.0247. The molecule has 0 fully saturated rings. The highest BCUT2D eigenvalue weighted by Gasteiger charge is 2.12. The predicted octanol–water partition coefficient (Wildman–Crippen LogP) is 1.33. The molecule has 0 aliphatic heterocycles. The van der Waals surface area contributed by atoms with Gasteiger partial charge in [-0.1, -0.05) is 6.07 Å². The molecular weight excluding hydrogens is 324 g/mol. The molecule has 0 unspecified atom stereocenters. The molecule has 0 atom stereocenters. The number of ether oxygens (including phenoxy) is 1. The largest absolute Gasteiger partial charge is 0.451 e. The van der Waals surface area contributed by atoms with E-state index in [4.69, 9.17) is 4.74 Å². The highest BCUT2D eigenvalue weighted by Crippen LogP contribution is 2.10. The van der Waals surface area contributed by atoms with Gasteiger partial charge in [-0.2, -0.15) is 0 Å². The van der Waals surface area contributed by atoms with E-state index in [1.807, 2.05) is 6.92 Å². The number of esters is 1. The number of nitrogens with zero attached hydrogens (tertiary/aromatic N) is 2. The summed E-state index contributed by atoms with van der Waals surface area (Å²) in [7, 11) is 0. The first-order valence-corrected chi connectivity index (χ1v) is 7.63. The van der Waals surface area contributed by atoms with Crippen molar-refractivity contribution in [2.24, 2.45) is 0 Å². The number of amides is 2. The van der Waals surface area contributed by atoms with Gasteiger partial charge >= 0.3 is 5.97 Å². The van der Waals surface area contributed by atoms with Crippen LogP contribution in [0.5, 0.6) is 0 Å². The minimum atomic E-state index is -0.737. The number of nitrogens with one attached hydrogen (secondary N) is 2. The van der Waals surface area contributed by atoms with E-state index in [1.165, 1.54) is 18.5 Å². The number of anilines is 1. The Morgan fingerprint density at radius 2 is 1.96 bits per heavy atom. The van der Waals surface area contributed by atoms with E-state index in [2.05, 4.69) is 20.6 Å². The van der Waals surface area contributed by atoms with E-state index in [0.29, 0.717) is 23.5 Å². The fourth-order valence-electron chi connectivity index (χ4n) is 1.90. The molecule has 8 heteroatoms. The Kier molecular flexibility index (Phi) is 6.16. The molecule has 0 bridgehead atoms. The first kappa shape index (κ1) is 18.1. The maximum atomic E-state index is 11.9. The molecule has 2 N–H and O–H groups in total. The van der Waals surface area contributed by atoms with Crippen LogP contribution in [0.3, 0.4) is 0 Å². The molecule has 1 aromatic carbocycles. The fourth-order valence-corrected chi connectivity index (χ4v) is 1.90. The van der Waals surface area contributed by atoms with Crippen LogP contribution in [0.1, 0.15) is 33.5 Å². The van der Waals surface area contributed by atoms with Crippen LogP contribution in [0.15, 0.2) is 36.7 Å². The van der Waals surface area contributed by atoms with Crippen molar-refractivity contribution in [3.05, 3.63) is 53.6 Å². The van der Waals surface area contributed by atoms with Crippen LogP contribution in [-0.2, 0) is 9.53 Å². The first-order chi connectivity index (χ1) is 12.0. The van der Waals surface area contributed by atoms with Crippen LogP contribution < -0.4 is 10.6 Å². The Labute approximate surface area is 144 Å². The van der Waals surface area contributed by atoms with Crippen molar-refractivity contribution in [3.63, 3.8) is 0 Å². The maximum absolute atomic E-state index is 11.9. The van der Waals surface area contributed by atoms with Gasteiger partial charge in [0.15, 0.2) is 12.3 Å². The Morgan fingerprint density at radius 3 is 2.64 bits per heavy atom. The van der Waals surface area contributed by atoms with Crippen molar-refractivity contribution in [2.45, 2.75) is 13.8 Å². The van der Waals surface area contributed by atoms with Crippen molar-refractivity contribution < 1.29 is 19.1 Å². The summed E-state index contributed by atoms with van der Waals surface area (Å²) >= 11 is 0. The third-order valence-electron chi connectivity index (χ3n) is 3.07. The first-order valence-electron chi connectivity index (χ1n) is 7.63. The zero-order valence-electron chi connectivity index (χ0n) is 13.9. The van der Waals surface area contributed by atoms with Gasteiger partial charge in [0.25, 0.3) is 11.8 Å². The Bertz CT molecular complexity index is 774. The molecule has 0 aliphatic rings. The number of hydrogen-bond acceptors (Lipinski definition) is 6. The summed E-state index contributed by atoms with van der Waals surface area (Å²) in [5, 5.41) is 5.23. The monoisotopic (exact) mass is 342 g/mol. The quantitative estimate of drug-likeness (QED) is 0.766. The van der Waals surface area contributed by atoms with E-state index in [0.717, 1.165) is 0 Å². The number of carbonyl (C=O) groups is 3. The van der Waals surface area contributed by atoms with Gasteiger partial charge < -0.3 is 15.4 Å². The zero-order chi connectivity index (χ0) is 18.2. The second-order valence-corrected chi connectivity index (χ2v) is 5.11. The van der Waals surface area contributed by atoms with Gasteiger partial charge in [0.1, 0.15) is 0 Å². The SMILES string of the molecule is CCNC(=O)c1cccc(NC(=O)COC(=O)c2cnc(C)cn2)c1. The molecule has 2 rings (SSSR count). The van der Waals surface area contributed by atoms with Crippen molar-refractivity contribution in [1.82, 2.24) is 15.3 Å². The van der Waals surface area contributed by atoms with E-state index in [1.54, 1.807) is 25.1 Å². The molecule has 0 saturated carbocycles. The van der Waals surface area contributed by atoms with E-state index < -0.39 is 18.5 Å². The minimum Gasteiger partial charge on any atom is -0.451 e.